The number of carbonyl (C=O) groups excluding carboxylic acids is 1. The first-order valence-electron chi connectivity index (χ1n) is 8.49. The third-order valence-corrected chi connectivity index (χ3v) is 4.12. The summed E-state index contributed by atoms with van der Waals surface area (Å²) < 4.78 is 6.01. The van der Waals surface area contributed by atoms with Crippen molar-refractivity contribution in [3.05, 3.63) is 70.9 Å². The number of anilines is 1. The van der Waals surface area contributed by atoms with Crippen LogP contribution in [0.4, 0.5) is 5.69 Å². The Kier molecular flexibility index (Phi) is 6.41. The first-order chi connectivity index (χ1) is 12.3. The molecule has 0 saturated carbocycles. The van der Waals surface area contributed by atoms with Crippen LogP contribution in [0.3, 0.4) is 0 Å². The Morgan fingerprint density at radius 1 is 1.12 bits per heavy atom. The molecular weight excluding hydrogens is 326 g/mol. The molecule has 0 heterocycles. The summed E-state index contributed by atoms with van der Waals surface area (Å²) in [5.74, 6) is 6.64. The lowest BCUT2D eigenvalue weighted by molar-refractivity contribution is 0.104. The summed E-state index contributed by atoms with van der Waals surface area (Å²) in [5.41, 5.74) is 4.67. The number of allylic oxidation sites excluding steroid dienone is 1. The van der Waals surface area contributed by atoms with Crippen molar-refractivity contribution in [2.24, 2.45) is 5.84 Å². The standard InChI is InChI=1S/C21H27N3O2/c1-15-7-6-8-19(24(5)22)18(15)14-26-21-10-9-17(13-16(21)2)20(25)11-12-23(3)4/h6-13H,14,22H2,1-5H3/b12-11+. The van der Waals surface area contributed by atoms with Crippen LogP contribution in [0.5, 0.6) is 5.75 Å². The second-order valence-electron chi connectivity index (χ2n) is 6.60. The van der Waals surface area contributed by atoms with Gasteiger partial charge in [-0.05, 0) is 49.2 Å². The number of rotatable bonds is 7. The lowest BCUT2D eigenvalue weighted by Gasteiger charge is -2.19. The van der Waals surface area contributed by atoms with Gasteiger partial charge in [0.15, 0.2) is 5.78 Å². The minimum atomic E-state index is -0.0284. The highest BCUT2D eigenvalue weighted by Gasteiger charge is 2.11. The van der Waals surface area contributed by atoms with Crippen molar-refractivity contribution in [3.63, 3.8) is 0 Å². The molecule has 0 atom stereocenters. The van der Waals surface area contributed by atoms with Crippen molar-refractivity contribution in [1.29, 1.82) is 0 Å². The zero-order valence-electron chi connectivity index (χ0n) is 16.1. The molecule has 26 heavy (non-hydrogen) atoms. The van der Waals surface area contributed by atoms with E-state index in [4.69, 9.17) is 10.6 Å². The Morgan fingerprint density at radius 3 is 2.46 bits per heavy atom. The Balaban J connectivity index is 2.16. The molecule has 5 heteroatoms. The van der Waals surface area contributed by atoms with Gasteiger partial charge in [0.1, 0.15) is 12.4 Å². The minimum absolute atomic E-state index is 0.0284. The van der Waals surface area contributed by atoms with E-state index in [-0.39, 0.29) is 5.78 Å². The lowest BCUT2D eigenvalue weighted by atomic mass is 10.1. The van der Waals surface area contributed by atoms with Gasteiger partial charge in [0.2, 0.25) is 0 Å². The molecule has 0 fully saturated rings. The van der Waals surface area contributed by atoms with E-state index in [1.165, 1.54) is 0 Å². The number of hydrogen-bond acceptors (Lipinski definition) is 5. The molecule has 0 aliphatic heterocycles. The second-order valence-corrected chi connectivity index (χ2v) is 6.60. The van der Waals surface area contributed by atoms with Crippen LogP contribution in [0.25, 0.3) is 0 Å². The van der Waals surface area contributed by atoms with E-state index in [0.29, 0.717) is 12.2 Å². The normalized spacial score (nSPS) is 10.8. The number of nitrogens with two attached hydrogens (primary N) is 1. The van der Waals surface area contributed by atoms with Gasteiger partial charge >= 0.3 is 0 Å². The molecule has 0 saturated heterocycles. The first-order valence-corrected chi connectivity index (χ1v) is 8.49. The first kappa shape index (κ1) is 19.5. The van der Waals surface area contributed by atoms with Crippen molar-refractivity contribution in [1.82, 2.24) is 4.90 Å². The van der Waals surface area contributed by atoms with Gasteiger partial charge in [0.05, 0.1) is 5.69 Å². The number of hydrazine groups is 1. The van der Waals surface area contributed by atoms with Gasteiger partial charge in [-0.1, -0.05) is 12.1 Å². The summed E-state index contributed by atoms with van der Waals surface area (Å²) >= 11 is 0. The molecule has 0 aliphatic carbocycles. The summed E-state index contributed by atoms with van der Waals surface area (Å²) in [6.45, 7) is 4.39. The topological polar surface area (TPSA) is 58.8 Å². The van der Waals surface area contributed by atoms with Crippen LogP contribution in [0.15, 0.2) is 48.7 Å². The molecular formula is C21H27N3O2. The molecule has 2 rings (SSSR count). The van der Waals surface area contributed by atoms with E-state index in [0.717, 1.165) is 28.1 Å². The van der Waals surface area contributed by atoms with Crippen molar-refractivity contribution in [2.75, 3.05) is 26.2 Å². The molecule has 0 radical (unpaired) electrons. The Bertz CT molecular complexity index is 811. The van der Waals surface area contributed by atoms with Crippen LogP contribution >= 0.6 is 0 Å². The molecule has 0 aromatic heterocycles. The Hall–Kier alpha value is -2.79. The van der Waals surface area contributed by atoms with E-state index < -0.39 is 0 Å². The fraction of sp³-hybridized carbons (Fsp3) is 0.286. The van der Waals surface area contributed by atoms with Gasteiger partial charge in [-0.25, -0.2) is 5.84 Å². The fourth-order valence-electron chi connectivity index (χ4n) is 2.63. The van der Waals surface area contributed by atoms with Gasteiger partial charge in [-0.2, -0.15) is 0 Å². The number of carbonyl (C=O) groups is 1. The van der Waals surface area contributed by atoms with Crippen molar-refractivity contribution < 1.29 is 9.53 Å². The summed E-state index contributed by atoms with van der Waals surface area (Å²) in [7, 11) is 5.57. The van der Waals surface area contributed by atoms with Gasteiger partial charge in [0, 0.05) is 44.5 Å². The monoisotopic (exact) mass is 353 g/mol. The van der Waals surface area contributed by atoms with Crippen LogP contribution in [0.2, 0.25) is 0 Å². The second kappa shape index (κ2) is 8.54. The largest absolute Gasteiger partial charge is 0.489 e. The van der Waals surface area contributed by atoms with Gasteiger partial charge < -0.3 is 14.6 Å². The number of aryl methyl sites for hydroxylation is 2. The van der Waals surface area contributed by atoms with Gasteiger partial charge in [0.25, 0.3) is 0 Å². The SMILES string of the molecule is Cc1cc(C(=O)/C=C/N(C)C)ccc1OCc1c(C)cccc1N(C)N. The number of nitrogens with zero attached hydrogens (tertiary/aromatic N) is 2. The summed E-state index contributed by atoms with van der Waals surface area (Å²) in [4.78, 5) is 14.0. The van der Waals surface area contributed by atoms with Crippen molar-refractivity contribution in [2.45, 2.75) is 20.5 Å². The van der Waals surface area contributed by atoms with Crippen LogP contribution in [-0.2, 0) is 6.61 Å². The maximum absolute atomic E-state index is 12.2. The smallest absolute Gasteiger partial charge is 0.187 e. The number of hydrogen-bond donors (Lipinski definition) is 1. The number of ketones is 1. The van der Waals surface area contributed by atoms with Crippen LogP contribution < -0.4 is 15.6 Å². The molecule has 2 aromatic carbocycles. The molecule has 0 amide bonds. The third kappa shape index (κ3) is 4.86. The highest BCUT2D eigenvalue weighted by molar-refractivity contribution is 6.04. The van der Waals surface area contributed by atoms with Crippen LogP contribution in [0.1, 0.15) is 27.0 Å². The van der Waals surface area contributed by atoms with Crippen molar-refractivity contribution in [3.8, 4) is 5.75 Å². The van der Waals surface area contributed by atoms with E-state index >= 15 is 0 Å². The summed E-state index contributed by atoms with van der Waals surface area (Å²) in [6.07, 6.45) is 3.30. The molecule has 5 nitrogen and oxygen atoms in total. The lowest BCUT2D eigenvalue weighted by Crippen LogP contribution is -2.26. The zero-order chi connectivity index (χ0) is 19.3. The predicted molar refractivity (Wildman–Crippen MR) is 106 cm³/mol. The molecule has 0 unspecified atom stereocenters. The molecule has 138 valence electrons. The van der Waals surface area contributed by atoms with Gasteiger partial charge in [-0.3, -0.25) is 4.79 Å². The third-order valence-electron chi connectivity index (χ3n) is 4.12. The Morgan fingerprint density at radius 2 is 1.85 bits per heavy atom. The fourth-order valence-corrected chi connectivity index (χ4v) is 2.63. The number of benzene rings is 2. The molecule has 0 spiro atoms. The summed E-state index contributed by atoms with van der Waals surface area (Å²) in [6, 6.07) is 11.5. The van der Waals surface area contributed by atoms with E-state index in [1.54, 1.807) is 23.4 Å². The zero-order valence-corrected chi connectivity index (χ0v) is 16.1. The molecule has 0 bridgehead atoms. The maximum atomic E-state index is 12.2. The average molecular weight is 353 g/mol. The van der Waals surface area contributed by atoms with E-state index in [9.17, 15) is 4.79 Å². The average Bonchev–Trinajstić information content (AvgIpc) is 2.59. The summed E-state index contributed by atoms with van der Waals surface area (Å²) in [5, 5.41) is 1.59. The number of ether oxygens (including phenoxy) is 1. The highest BCUT2D eigenvalue weighted by Crippen LogP contribution is 2.25. The predicted octanol–water partition coefficient (Wildman–Crippen LogP) is 3.45. The van der Waals surface area contributed by atoms with Crippen LogP contribution in [-0.4, -0.2) is 31.8 Å². The minimum Gasteiger partial charge on any atom is -0.489 e. The quantitative estimate of drug-likeness (QED) is 0.358. The van der Waals surface area contributed by atoms with Crippen LogP contribution in [0, 0.1) is 13.8 Å². The Labute approximate surface area is 155 Å². The molecule has 2 aromatic rings. The van der Waals surface area contributed by atoms with Crippen molar-refractivity contribution >= 4 is 11.5 Å². The highest BCUT2D eigenvalue weighted by atomic mass is 16.5. The van der Waals surface area contributed by atoms with Gasteiger partial charge in [-0.15, -0.1) is 0 Å². The maximum Gasteiger partial charge on any atom is 0.187 e. The molecule has 0 aliphatic rings. The van der Waals surface area contributed by atoms with E-state index in [2.05, 4.69) is 0 Å². The van der Waals surface area contributed by atoms with E-state index in [1.807, 2.05) is 70.2 Å². The molecule has 2 N–H and O–H groups in total.